The molecule has 0 radical (unpaired) electrons. The highest BCUT2D eigenvalue weighted by Gasteiger charge is 2.35. The Labute approximate surface area is 153 Å². The molecule has 0 aromatic carbocycles. The van der Waals surface area contributed by atoms with Gasteiger partial charge < -0.3 is 14.8 Å². The third-order valence-corrected chi connectivity index (χ3v) is 6.97. The van der Waals surface area contributed by atoms with Gasteiger partial charge in [0.05, 0.1) is 0 Å². The Kier molecular flexibility index (Phi) is 6.13. The minimum Gasteiger partial charge on any atom is -0.475 e. The topological polar surface area (TPSA) is 117 Å². The number of piperidine rings is 1. The molecule has 0 unspecified atom stereocenters. The zero-order valence-electron chi connectivity index (χ0n) is 15.3. The summed E-state index contributed by atoms with van der Waals surface area (Å²) in [6, 6.07) is 2.26. The lowest BCUT2D eigenvalue weighted by atomic mass is 9.91. The van der Waals surface area contributed by atoms with Crippen LogP contribution >= 0.6 is 0 Å². The van der Waals surface area contributed by atoms with E-state index in [1.807, 2.05) is 20.8 Å². The minimum absolute atomic E-state index is 0.0422. The van der Waals surface area contributed by atoms with Gasteiger partial charge in [-0.15, -0.1) is 0 Å². The third-order valence-electron chi connectivity index (χ3n) is 5.20. The molecule has 26 heavy (non-hydrogen) atoms. The van der Waals surface area contributed by atoms with Crippen LogP contribution in [0.15, 0.2) is 21.6 Å². The van der Waals surface area contributed by atoms with Crippen LogP contribution in [0.2, 0.25) is 0 Å². The van der Waals surface area contributed by atoms with Crippen LogP contribution in [0.25, 0.3) is 0 Å². The molecule has 0 spiro atoms. The van der Waals surface area contributed by atoms with Gasteiger partial charge in [-0.05, 0) is 44.7 Å². The monoisotopic (exact) mass is 386 g/mol. The van der Waals surface area contributed by atoms with Crippen molar-refractivity contribution >= 4 is 21.9 Å². The summed E-state index contributed by atoms with van der Waals surface area (Å²) in [6.45, 7) is 6.43. The number of hydrogen-bond acceptors (Lipinski definition) is 5. The van der Waals surface area contributed by atoms with Crippen molar-refractivity contribution in [1.82, 2.24) is 9.62 Å². The van der Waals surface area contributed by atoms with Crippen molar-refractivity contribution in [2.24, 2.45) is 5.92 Å². The lowest BCUT2D eigenvalue weighted by Gasteiger charge is -2.34. The second kappa shape index (κ2) is 7.79. The predicted octanol–water partition coefficient (Wildman–Crippen LogP) is 2.07. The van der Waals surface area contributed by atoms with Crippen LogP contribution in [0.4, 0.5) is 0 Å². The highest BCUT2D eigenvalue weighted by atomic mass is 32.2. The molecule has 1 aromatic heterocycles. The standard InChI is InChI=1S/C17H26N2O6S/c1-4-17(3,5-2)18-15(20)12-8-10-19(11-9-12)26(23,24)14-7-6-13(25-14)16(21)22/h6-7,12H,4-5,8-11H2,1-3H3,(H,18,20)(H,21,22). The number of nitrogens with one attached hydrogen (secondary N) is 1. The summed E-state index contributed by atoms with van der Waals surface area (Å²) < 4.78 is 31.3. The summed E-state index contributed by atoms with van der Waals surface area (Å²) in [5.74, 6) is -2.02. The lowest BCUT2D eigenvalue weighted by Crippen LogP contribution is -2.50. The molecule has 2 heterocycles. The number of carbonyl (C=O) groups excluding carboxylic acids is 1. The fraction of sp³-hybridized carbons (Fsp3) is 0.647. The molecule has 1 aliphatic heterocycles. The molecule has 1 aromatic rings. The fourth-order valence-electron chi connectivity index (χ4n) is 2.89. The molecule has 2 N–H and O–H groups in total. The van der Waals surface area contributed by atoms with E-state index in [0.717, 1.165) is 25.0 Å². The average molecular weight is 386 g/mol. The van der Waals surface area contributed by atoms with Crippen LogP contribution in [0.5, 0.6) is 0 Å². The second-order valence-electron chi connectivity index (χ2n) is 6.86. The normalized spacial score (nSPS) is 17.2. The molecule has 9 heteroatoms. The number of rotatable bonds is 7. The first-order chi connectivity index (χ1) is 12.1. The summed E-state index contributed by atoms with van der Waals surface area (Å²) in [5, 5.41) is 11.5. The number of aromatic carboxylic acids is 1. The maximum Gasteiger partial charge on any atom is 0.371 e. The van der Waals surface area contributed by atoms with Crippen LogP contribution < -0.4 is 5.32 Å². The van der Waals surface area contributed by atoms with Crippen molar-refractivity contribution in [2.75, 3.05) is 13.1 Å². The summed E-state index contributed by atoms with van der Waals surface area (Å²) in [7, 11) is -3.90. The Morgan fingerprint density at radius 1 is 1.27 bits per heavy atom. The van der Waals surface area contributed by atoms with Crippen LogP contribution in [-0.2, 0) is 14.8 Å². The van der Waals surface area contributed by atoms with Gasteiger partial charge in [-0.2, -0.15) is 4.31 Å². The molecule has 0 atom stereocenters. The van der Waals surface area contributed by atoms with Gasteiger partial charge in [-0.25, -0.2) is 13.2 Å². The van der Waals surface area contributed by atoms with Gasteiger partial charge in [-0.1, -0.05) is 13.8 Å². The number of carboxylic acid groups (broad SMARTS) is 1. The van der Waals surface area contributed by atoms with E-state index in [2.05, 4.69) is 5.32 Å². The van der Waals surface area contributed by atoms with Crippen LogP contribution in [0.1, 0.15) is 57.0 Å². The smallest absolute Gasteiger partial charge is 0.371 e. The number of amides is 1. The largest absolute Gasteiger partial charge is 0.475 e. The van der Waals surface area contributed by atoms with E-state index in [-0.39, 0.29) is 35.5 Å². The van der Waals surface area contributed by atoms with E-state index in [1.165, 1.54) is 4.31 Å². The minimum atomic E-state index is -3.90. The van der Waals surface area contributed by atoms with Crippen molar-refractivity contribution in [1.29, 1.82) is 0 Å². The second-order valence-corrected chi connectivity index (χ2v) is 8.73. The average Bonchev–Trinajstić information content (AvgIpc) is 3.13. The Morgan fingerprint density at radius 3 is 2.31 bits per heavy atom. The van der Waals surface area contributed by atoms with Crippen LogP contribution in [-0.4, -0.2) is 48.3 Å². The number of carbonyl (C=O) groups is 2. The van der Waals surface area contributed by atoms with Gasteiger partial charge in [0, 0.05) is 24.5 Å². The van der Waals surface area contributed by atoms with E-state index in [0.29, 0.717) is 12.8 Å². The van der Waals surface area contributed by atoms with E-state index >= 15 is 0 Å². The molecule has 146 valence electrons. The van der Waals surface area contributed by atoms with Gasteiger partial charge in [0.1, 0.15) is 0 Å². The number of furan rings is 1. The molecule has 2 rings (SSSR count). The molecule has 8 nitrogen and oxygen atoms in total. The third kappa shape index (κ3) is 4.27. The first-order valence-corrected chi connectivity index (χ1v) is 10.2. The van der Waals surface area contributed by atoms with Crippen LogP contribution in [0.3, 0.4) is 0 Å². The number of nitrogens with zero attached hydrogens (tertiary/aromatic N) is 1. The fourth-order valence-corrected chi connectivity index (χ4v) is 4.27. The number of hydrogen-bond donors (Lipinski definition) is 2. The summed E-state index contributed by atoms with van der Waals surface area (Å²) >= 11 is 0. The summed E-state index contributed by atoms with van der Waals surface area (Å²) in [5.41, 5.74) is -0.248. The molecular weight excluding hydrogens is 360 g/mol. The van der Waals surface area contributed by atoms with E-state index < -0.39 is 21.8 Å². The van der Waals surface area contributed by atoms with Crippen molar-refractivity contribution < 1.29 is 27.5 Å². The zero-order chi connectivity index (χ0) is 19.5. The number of sulfonamides is 1. The molecule has 1 fully saturated rings. The highest BCUT2D eigenvalue weighted by Crippen LogP contribution is 2.26. The Bertz CT molecular complexity index is 758. The maximum atomic E-state index is 12.6. The first-order valence-electron chi connectivity index (χ1n) is 8.78. The van der Waals surface area contributed by atoms with Gasteiger partial charge in [0.2, 0.25) is 16.8 Å². The quantitative estimate of drug-likeness (QED) is 0.741. The summed E-state index contributed by atoms with van der Waals surface area (Å²) in [6.07, 6.45) is 2.49. The molecule has 1 saturated heterocycles. The Balaban J connectivity index is 2.00. The van der Waals surface area contributed by atoms with Crippen molar-refractivity contribution in [3.63, 3.8) is 0 Å². The van der Waals surface area contributed by atoms with E-state index in [9.17, 15) is 18.0 Å². The first kappa shape index (κ1) is 20.4. The maximum absolute atomic E-state index is 12.6. The highest BCUT2D eigenvalue weighted by molar-refractivity contribution is 7.89. The van der Waals surface area contributed by atoms with E-state index in [1.54, 1.807) is 0 Å². The molecule has 0 bridgehead atoms. The molecule has 0 saturated carbocycles. The van der Waals surface area contributed by atoms with Gasteiger partial charge in [0.25, 0.3) is 10.0 Å². The van der Waals surface area contributed by atoms with Gasteiger partial charge in [0.15, 0.2) is 0 Å². The van der Waals surface area contributed by atoms with Crippen molar-refractivity contribution in [3.05, 3.63) is 17.9 Å². The summed E-state index contributed by atoms with van der Waals surface area (Å²) in [4.78, 5) is 23.3. The zero-order valence-corrected chi connectivity index (χ0v) is 16.1. The molecule has 1 amide bonds. The number of carboxylic acids is 1. The Morgan fingerprint density at radius 2 is 1.85 bits per heavy atom. The molecule has 1 aliphatic rings. The van der Waals surface area contributed by atoms with Crippen molar-refractivity contribution in [3.8, 4) is 0 Å². The Hall–Kier alpha value is -1.87. The SMILES string of the molecule is CCC(C)(CC)NC(=O)C1CCN(S(=O)(=O)c2ccc(C(=O)O)o2)CC1. The molecular formula is C17H26N2O6S. The molecule has 0 aliphatic carbocycles. The van der Waals surface area contributed by atoms with E-state index in [4.69, 9.17) is 9.52 Å². The van der Waals surface area contributed by atoms with Crippen LogP contribution in [0, 0.1) is 5.92 Å². The van der Waals surface area contributed by atoms with Gasteiger partial charge in [-0.3, -0.25) is 4.79 Å². The van der Waals surface area contributed by atoms with Gasteiger partial charge >= 0.3 is 5.97 Å². The van der Waals surface area contributed by atoms with Crippen molar-refractivity contribution in [2.45, 2.75) is 57.1 Å². The lowest BCUT2D eigenvalue weighted by molar-refractivity contribution is -0.128. The predicted molar refractivity (Wildman–Crippen MR) is 94.3 cm³/mol.